The second kappa shape index (κ2) is 8.35. The topological polar surface area (TPSA) is 44.3 Å². The lowest BCUT2D eigenvalue weighted by atomic mass is 10.1. The molecule has 1 aromatic heterocycles. The Kier molecular flexibility index (Phi) is 5.93. The van der Waals surface area contributed by atoms with Crippen LogP contribution in [0.4, 0.5) is 11.8 Å². The molecule has 2 aromatic rings. The Labute approximate surface area is 149 Å². The molecule has 0 spiro atoms. The van der Waals surface area contributed by atoms with Gasteiger partial charge in [0.1, 0.15) is 5.82 Å². The van der Waals surface area contributed by atoms with Crippen LogP contribution in [-0.2, 0) is 6.54 Å². The van der Waals surface area contributed by atoms with Crippen LogP contribution in [0.2, 0.25) is 0 Å². The second-order valence-electron chi connectivity index (χ2n) is 6.14. The number of rotatable bonds is 6. The molecule has 0 unspecified atom stereocenters. The normalized spacial score (nSPS) is 15.5. The van der Waals surface area contributed by atoms with E-state index in [2.05, 4.69) is 68.9 Å². The van der Waals surface area contributed by atoms with Gasteiger partial charge in [0.05, 0.1) is 0 Å². The molecule has 1 aliphatic rings. The van der Waals surface area contributed by atoms with E-state index in [0.29, 0.717) is 5.95 Å². The van der Waals surface area contributed by atoms with Crippen LogP contribution in [0.15, 0.2) is 36.5 Å². The molecule has 0 aliphatic carbocycles. The molecule has 1 aliphatic heterocycles. The molecule has 0 radical (unpaired) electrons. The van der Waals surface area contributed by atoms with E-state index in [1.807, 2.05) is 12.3 Å². The van der Waals surface area contributed by atoms with Crippen LogP contribution in [0.3, 0.4) is 0 Å². The zero-order valence-electron chi connectivity index (χ0n) is 14.1. The zero-order valence-corrected chi connectivity index (χ0v) is 15.0. The second-order valence-corrected chi connectivity index (χ2v) is 6.59. The van der Waals surface area contributed by atoms with Crippen LogP contribution in [0.5, 0.6) is 0 Å². The summed E-state index contributed by atoms with van der Waals surface area (Å²) < 4.78 is 0. The molecule has 24 heavy (non-hydrogen) atoms. The van der Waals surface area contributed by atoms with Crippen molar-refractivity contribution in [1.82, 2.24) is 14.9 Å². The molecule has 1 saturated heterocycles. The number of hydrogen-bond acceptors (Lipinski definition) is 6. The van der Waals surface area contributed by atoms with Crippen molar-refractivity contribution >= 4 is 24.4 Å². The standard InChI is InChI=1S/C18H25N5S/c1-15-3-2-4-16(13-15)14-22-8-10-23(11-9-22)17-5-6-19-18(21-17)20-7-12-24/h2-6,13,24H,7-12,14H2,1H3,(H,19,20,21). The van der Waals surface area contributed by atoms with Crippen LogP contribution in [0.1, 0.15) is 11.1 Å². The van der Waals surface area contributed by atoms with E-state index < -0.39 is 0 Å². The van der Waals surface area contributed by atoms with E-state index in [0.717, 1.165) is 50.8 Å². The third kappa shape index (κ3) is 4.61. The van der Waals surface area contributed by atoms with Gasteiger partial charge in [0.15, 0.2) is 0 Å². The van der Waals surface area contributed by atoms with Gasteiger partial charge in [-0.15, -0.1) is 0 Å². The van der Waals surface area contributed by atoms with Gasteiger partial charge in [-0.3, -0.25) is 4.90 Å². The highest BCUT2D eigenvalue weighted by atomic mass is 32.1. The molecule has 5 nitrogen and oxygen atoms in total. The largest absolute Gasteiger partial charge is 0.354 e. The number of thiol groups is 1. The number of aryl methyl sites for hydroxylation is 1. The first-order valence-corrected chi connectivity index (χ1v) is 9.08. The Morgan fingerprint density at radius 2 is 2.00 bits per heavy atom. The van der Waals surface area contributed by atoms with E-state index in [1.165, 1.54) is 11.1 Å². The van der Waals surface area contributed by atoms with Crippen LogP contribution in [-0.4, -0.2) is 53.3 Å². The van der Waals surface area contributed by atoms with Gasteiger partial charge in [0.2, 0.25) is 5.95 Å². The summed E-state index contributed by atoms with van der Waals surface area (Å²) in [4.78, 5) is 13.7. The van der Waals surface area contributed by atoms with Crippen molar-refractivity contribution in [2.24, 2.45) is 0 Å². The van der Waals surface area contributed by atoms with Gasteiger partial charge in [0, 0.05) is 51.2 Å². The summed E-state index contributed by atoms with van der Waals surface area (Å²) >= 11 is 4.20. The van der Waals surface area contributed by atoms with Gasteiger partial charge in [-0.25, -0.2) is 4.98 Å². The highest BCUT2D eigenvalue weighted by molar-refractivity contribution is 7.80. The Bertz CT molecular complexity index is 655. The van der Waals surface area contributed by atoms with Crippen molar-refractivity contribution in [2.45, 2.75) is 13.5 Å². The third-order valence-electron chi connectivity index (χ3n) is 4.22. The fourth-order valence-corrected chi connectivity index (χ4v) is 3.09. The first-order chi connectivity index (χ1) is 11.7. The number of hydrogen-bond donors (Lipinski definition) is 2. The van der Waals surface area contributed by atoms with Gasteiger partial charge < -0.3 is 10.2 Å². The molecule has 6 heteroatoms. The predicted molar refractivity (Wildman–Crippen MR) is 103 cm³/mol. The number of piperazine rings is 1. The summed E-state index contributed by atoms with van der Waals surface area (Å²) in [6.07, 6.45) is 1.82. The molecule has 2 heterocycles. The first kappa shape index (κ1) is 17.0. The van der Waals surface area contributed by atoms with Crippen LogP contribution in [0, 0.1) is 6.92 Å². The lowest BCUT2D eigenvalue weighted by molar-refractivity contribution is 0.249. The zero-order chi connectivity index (χ0) is 16.8. The maximum absolute atomic E-state index is 4.61. The molecule has 3 rings (SSSR count). The Morgan fingerprint density at radius 3 is 2.75 bits per heavy atom. The third-order valence-corrected chi connectivity index (χ3v) is 4.44. The average Bonchev–Trinajstić information content (AvgIpc) is 2.61. The number of nitrogens with one attached hydrogen (secondary N) is 1. The summed E-state index contributed by atoms with van der Waals surface area (Å²) in [6.45, 7) is 8.04. The number of nitrogens with zero attached hydrogens (tertiary/aromatic N) is 4. The Hall–Kier alpha value is -1.79. The van der Waals surface area contributed by atoms with Gasteiger partial charge >= 0.3 is 0 Å². The van der Waals surface area contributed by atoms with E-state index in [4.69, 9.17) is 0 Å². The van der Waals surface area contributed by atoms with Gasteiger partial charge in [0.25, 0.3) is 0 Å². The van der Waals surface area contributed by atoms with Gasteiger partial charge in [-0.1, -0.05) is 29.8 Å². The van der Waals surface area contributed by atoms with Crippen LogP contribution < -0.4 is 10.2 Å². The van der Waals surface area contributed by atoms with E-state index in [9.17, 15) is 0 Å². The van der Waals surface area contributed by atoms with Crippen molar-refractivity contribution in [3.05, 3.63) is 47.7 Å². The summed E-state index contributed by atoms with van der Waals surface area (Å²) in [7, 11) is 0. The number of benzene rings is 1. The average molecular weight is 344 g/mol. The molecule has 0 amide bonds. The molecule has 128 valence electrons. The van der Waals surface area contributed by atoms with Gasteiger partial charge in [-0.05, 0) is 18.6 Å². The van der Waals surface area contributed by atoms with E-state index in [-0.39, 0.29) is 0 Å². The minimum atomic E-state index is 0.684. The number of anilines is 2. The van der Waals surface area contributed by atoms with Crippen LogP contribution >= 0.6 is 12.6 Å². The minimum Gasteiger partial charge on any atom is -0.354 e. The van der Waals surface area contributed by atoms with Crippen molar-refractivity contribution < 1.29 is 0 Å². The molecule has 1 N–H and O–H groups in total. The van der Waals surface area contributed by atoms with E-state index in [1.54, 1.807) is 0 Å². The predicted octanol–water partition coefficient (Wildman–Crippen LogP) is 2.45. The first-order valence-electron chi connectivity index (χ1n) is 8.45. The van der Waals surface area contributed by atoms with E-state index >= 15 is 0 Å². The van der Waals surface area contributed by atoms with Gasteiger partial charge in [-0.2, -0.15) is 17.6 Å². The smallest absolute Gasteiger partial charge is 0.224 e. The lowest BCUT2D eigenvalue weighted by Gasteiger charge is -2.35. The fourth-order valence-electron chi connectivity index (χ4n) is 2.98. The highest BCUT2D eigenvalue weighted by Crippen LogP contribution is 2.16. The maximum atomic E-state index is 4.61. The molecule has 1 aromatic carbocycles. The molecular formula is C18H25N5S. The quantitative estimate of drug-likeness (QED) is 0.789. The SMILES string of the molecule is Cc1cccc(CN2CCN(c3ccnc(NCCS)n3)CC2)c1. The Morgan fingerprint density at radius 1 is 1.17 bits per heavy atom. The highest BCUT2D eigenvalue weighted by Gasteiger charge is 2.18. The molecule has 1 fully saturated rings. The van der Waals surface area contributed by atoms with Crippen molar-refractivity contribution in [3.63, 3.8) is 0 Å². The number of aromatic nitrogens is 2. The minimum absolute atomic E-state index is 0.684. The van der Waals surface area contributed by atoms with Crippen molar-refractivity contribution in [3.8, 4) is 0 Å². The summed E-state index contributed by atoms with van der Waals surface area (Å²) in [6, 6.07) is 10.8. The molecule has 0 atom stereocenters. The van der Waals surface area contributed by atoms with Crippen molar-refractivity contribution in [2.75, 3.05) is 48.7 Å². The molecule has 0 saturated carbocycles. The van der Waals surface area contributed by atoms with Crippen molar-refractivity contribution in [1.29, 1.82) is 0 Å². The summed E-state index contributed by atoms with van der Waals surface area (Å²) in [5.74, 6) is 2.45. The molecular weight excluding hydrogens is 318 g/mol. The van der Waals surface area contributed by atoms with Crippen LogP contribution in [0.25, 0.3) is 0 Å². The maximum Gasteiger partial charge on any atom is 0.224 e. The Balaban J connectivity index is 1.55. The fraction of sp³-hybridized carbons (Fsp3) is 0.444. The monoisotopic (exact) mass is 343 g/mol. The summed E-state index contributed by atoms with van der Waals surface area (Å²) in [5, 5.41) is 3.18. The molecule has 0 bridgehead atoms. The summed E-state index contributed by atoms with van der Waals surface area (Å²) in [5.41, 5.74) is 2.72. The lowest BCUT2D eigenvalue weighted by Crippen LogP contribution is -2.46.